The lowest BCUT2D eigenvalue weighted by atomic mass is 10.1. The standard InChI is InChI=1S/C27H32FN3O4/c1-27(6-7-27)18-30-19-3-4-25(21(28)15-19)35-24-5-8-29-22-17-26(23(32)16-20(22)24)34-12-2-9-31-10-13-33-14-11-31/h3-5,8,15-17,30,32H,2,6-7,9-14,18H2,1H3. The van der Waals surface area contributed by atoms with Crippen LogP contribution in [0.4, 0.5) is 10.1 Å². The number of anilines is 1. The van der Waals surface area contributed by atoms with Crippen molar-refractivity contribution in [3.8, 4) is 23.0 Å². The SMILES string of the molecule is CC1(CNc2ccc(Oc3ccnc4cc(OCCCN5CCOCC5)c(O)cc34)c(F)c2)CC1. The maximum atomic E-state index is 14.8. The van der Waals surface area contributed by atoms with E-state index in [1.807, 2.05) is 6.07 Å². The Labute approximate surface area is 204 Å². The molecule has 3 aromatic rings. The Bertz CT molecular complexity index is 1180. The number of rotatable bonds is 10. The van der Waals surface area contributed by atoms with Crippen LogP contribution < -0.4 is 14.8 Å². The number of fused-ring (bicyclic) bond motifs is 1. The number of hydrogen-bond donors (Lipinski definition) is 2. The molecular weight excluding hydrogens is 449 g/mol. The van der Waals surface area contributed by atoms with Gasteiger partial charge >= 0.3 is 0 Å². The zero-order valence-corrected chi connectivity index (χ0v) is 20.1. The molecule has 2 N–H and O–H groups in total. The first kappa shape index (κ1) is 23.6. The molecular formula is C27H32FN3O4. The number of phenols is 1. The second-order valence-corrected chi connectivity index (χ2v) is 9.71. The molecule has 8 heteroatoms. The monoisotopic (exact) mass is 481 g/mol. The topological polar surface area (TPSA) is 76.1 Å². The highest BCUT2D eigenvalue weighted by atomic mass is 19.1. The number of aromatic nitrogens is 1. The van der Waals surface area contributed by atoms with Crippen molar-refractivity contribution in [3.05, 3.63) is 48.4 Å². The first-order valence-corrected chi connectivity index (χ1v) is 12.3. The Morgan fingerprint density at radius 3 is 2.71 bits per heavy atom. The van der Waals surface area contributed by atoms with E-state index in [1.54, 1.807) is 30.5 Å². The van der Waals surface area contributed by atoms with Gasteiger partial charge in [0.05, 0.1) is 25.3 Å². The molecule has 0 unspecified atom stereocenters. The molecule has 5 rings (SSSR count). The average molecular weight is 482 g/mol. The summed E-state index contributed by atoms with van der Waals surface area (Å²) in [6.45, 7) is 7.88. The van der Waals surface area contributed by atoms with Crippen molar-refractivity contribution in [2.45, 2.75) is 26.2 Å². The summed E-state index contributed by atoms with van der Waals surface area (Å²) >= 11 is 0. The molecule has 186 valence electrons. The fourth-order valence-electron chi connectivity index (χ4n) is 4.15. The largest absolute Gasteiger partial charge is 0.504 e. The molecule has 7 nitrogen and oxygen atoms in total. The van der Waals surface area contributed by atoms with Gasteiger partial charge in [-0.25, -0.2) is 4.39 Å². The van der Waals surface area contributed by atoms with Crippen LogP contribution in [0.2, 0.25) is 0 Å². The van der Waals surface area contributed by atoms with Gasteiger partial charge in [0.15, 0.2) is 23.1 Å². The summed E-state index contributed by atoms with van der Waals surface area (Å²) in [5.74, 6) is 0.439. The predicted octanol–water partition coefficient (Wildman–Crippen LogP) is 5.18. The summed E-state index contributed by atoms with van der Waals surface area (Å²) in [6, 6.07) is 9.78. The Balaban J connectivity index is 1.23. The molecule has 1 aliphatic carbocycles. The van der Waals surface area contributed by atoms with E-state index in [2.05, 4.69) is 22.1 Å². The van der Waals surface area contributed by atoms with Gasteiger partial charge in [-0.3, -0.25) is 9.88 Å². The second-order valence-electron chi connectivity index (χ2n) is 9.71. The number of nitrogens with zero attached hydrogens (tertiary/aromatic N) is 2. The number of aromatic hydroxyl groups is 1. The van der Waals surface area contributed by atoms with E-state index in [1.165, 1.54) is 18.9 Å². The van der Waals surface area contributed by atoms with Gasteiger partial charge in [-0.05, 0) is 48.9 Å². The number of nitrogens with one attached hydrogen (secondary N) is 1. The van der Waals surface area contributed by atoms with E-state index >= 15 is 0 Å². The zero-order valence-electron chi connectivity index (χ0n) is 20.1. The summed E-state index contributed by atoms with van der Waals surface area (Å²) in [5.41, 5.74) is 1.66. The number of benzene rings is 2. The molecule has 2 aromatic carbocycles. The predicted molar refractivity (Wildman–Crippen MR) is 133 cm³/mol. The summed E-state index contributed by atoms with van der Waals surface area (Å²) in [6.07, 6.45) is 4.85. The van der Waals surface area contributed by atoms with E-state index in [0.29, 0.717) is 34.4 Å². The normalized spacial score (nSPS) is 17.3. The van der Waals surface area contributed by atoms with E-state index in [4.69, 9.17) is 14.2 Å². The fraction of sp³-hybridized carbons (Fsp3) is 0.444. The van der Waals surface area contributed by atoms with Crippen LogP contribution in [0.25, 0.3) is 10.9 Å². The lowest BCUT2D eigenvalue weighted by Gasteiger charge is -2.26. The van der Waals surface area contributed by atoms with Crippen LogP contribution >= 0.6 is 0 Å². The Morgan fingerprint density at radius 1 is 1.11 bits per heavy atom. The second kappa shape index (κ2) is 10.3. The first-order chi connectivity index (χ1) is 17.0. The van der Waals surface area contributed by atoms with Crippen molar-refractivity contribution in [2.75, 3.05) is 51.3 Å². The summed E-state index contributed by atoms with van der Waals surface area (Å²) in [7, 11) is 0. The minimum atomic E-state index is -0.453. The molecule has 1 saturated carbocycles. The van der Waals surface area contributed by atoms with Crippen LogP contribution in [0.3, 0.4) is 0 Å². The lowest BCUT2D eigenvalue weighted by molar-refractivity contribution is 0.0357. The van der Waals surface area contributed by atoms with Crippen LogP contribution in [-0.4, -0.2) is 61.0 Å². The van der Waals surface area contributed by atoms with Gasteiger partial charge in [0.25, 0.3) is 0 Å². The zero-order chi connectivity index (χ0) is 24.3. The van der Waals surface area contributed by atoms with Gasteiger partial charge in [0.2, 0.25) is 0 Å². The van der Waals surface area contributed by atoms with Gasteiger partial charge in [0, 0.05) is 55.6 Å². The van der Waals surface area contributed by atoms with Crippen molar-refractivity contribution in [2.24, 2.45) is 5.41 Å². The molecule has 1 aromatic heterocycles. The molecule has 1 saturated heterocycles. The number of pyridine rings is 1. The van der Waals surface area contributed by atoms with Crippen LogP contribution in [0.15, 0.2) is 42.6 Å². The molecule has 1 aliphatic heterocycles. The van der Waals surface area contributed by atoms with Crippen molar-refractivity contribution in [1.82, 2.24) is 9.88 Å². The Morgan fingerprint density at radius 2 is 1.94 bits per heavy atom. The summed E-state index contributed by atoms with van der Waals surface area (Å²) < 4.78 is 31.8. The number of hydrogen-bond acceptors (Lipinski definition) is 7. The molecule has 2 aliphatic rings. The number of morpholine rings is 1. The van der Waals surface area contributed by atoms with E-state index in [9.17, 15) is 9.50 Å². The van der Waals surface area contributed by atoms with E-state index in [-0.39, 0.29) is 11.5 Å². The summed E-state index contributed by atoms with van der Waals surface area (Å²) in [4.78, 5) is 6.72. The summed E-state index contributed by atoms with van der Waals surface area (Å²) in [5, 5.41) is 14.4. The Hall–Kier alpha value is -3.10. The van der Waals surface area contributed by atoms with Gasteiger partial charge in [-0.2, -0.15) is 0 Å². The smallest absolute Gasteiger partial charge is 0.167 e. The number of halogens is 1. The van der Waals surface area contributed by atoms with Crippen LogP contribution in [0, 0.1) is 11.2 Å². The van der Waals surface area contributed by atoms with E-state index < -0.39 is 5.82 Å². The van der Waals surface area contributed by atoms with Crippen molar-refractivity contribution >= 4 is 16.6 Å². The van der Waals surface area contributed by atoms with Crippen LogP contribution in [0.5, 0.6) is 23.0 Å². The van der Waals surface area contributed by atoms with Crippen LogP contribution in [-0.2, 0) is 4.74 Å². The highest BCUT2D eigenvalue weighted by Crippen LogP contribution is 2.45. The van der Waals surface area contributed by atoms with Gasteiger partial charge < -0.3 is 24.6 Å². The maximum Gasteiger partial charge on any atom is 0.167 e. The molecule has 0 spiro atoms. The molecule has 0 bridgehead atoms. The maximum absolute atomic E-state index is 14.8. The van der Waals surface area contributed by atoms with Gasteiger partial charge in [0.1, 0.15) is 5.75 Å². The molecule has 2 fully saturated rings. The molecule has 2 heterocycles. The minimum Gasteiger partial charge on any atom is -0.504 e. The van der Waals surface area contributed by atoms with Crippen molar-refractivity contribution in [1.29, 1.82) is 0 Å². The average Bonchev–Trinajstić information content (AvgIpc) is 3.60. The molecule has 0 atom stereocenters. The third-order valence-corrected chi connectivity index (χ3v) is 6.74. The van der Waals surface area contributed by atoms with Crippen LogP contribution in [0.1, 0.15) is 26.2 Å². The molecule has 0 amide bonds. The lowest BCUT2D eigenvalue weighted by Crippen LogP contribution is -2.37. The van der Waals surface area contributed by atoms with Gasteiger partial charge in [-0.1, -0.05) is 6.92 Å². The van der Waals surface area contributed by atoms with Gasteiger partial charge in [-0.15, -0.1) is 0 Å². The third-order valence-electron chi connectivity index (χ3n) is 6.74. The fourth-order valence-corrected chi connectivity index (χ4v) is 4.15. The highest BCUT2D eigenvalue weighted by Gasteiger charge is 2.36. The third kappa shape index (κ3) is 5.94. The molecule has 0 radical (unpaired) electrons. The van der Waals surface area contributed by atoms with Crippen molar-refractivity contribution < 1.29 is 23.7 Å². The number of ether oxygens (including phenoxy) is 3. The quantitative estimate of drug-likeness (QED) is 0.386. The first-order valence-electron chi connectivity index (χ1n) is 12.3. The number of phenolic OH excluding ortho intramolecular Hbond substituents is 1. The Kier molecular flexibility index (Phi) is 6.92. The van der Waals surface area contributed by atoms with E-state index in [0.717, 1.165) is 51.5 Å². The van der Waals surface area contributed by atoms with Crippen molar-refractivity contribution in [3.63, 3.8) is 0 Å². The molecule has 35 heavy (non-hydrogen) atoms. The minimum absolute atomic E-state index is 0.00434. The highest BCUT2D eigenvalue weighted by molar-refractivity contribution is 5.88.